The van der Waals surface area contributed by atoms with Gasteiger partial charge in [0.1, 0.15) is 6.54 Å². The number of nitrogens with zero attached hydrogens (tertiary/aromatic N) is 1. The second-order valence-corrected chi connectivity index (χ2v) is 5.35. The molecule has 0 aliphatic heterocycles. The Morgan fingerprint density at radius 1 is 1.30 bits per heavy atom. The highest BCUT2D eigenvalue weighted by atomic mass is 16.4. The van der Waals surface area contributed by atoms with Crippen LogP contribution in [-0.2, 0) is 9.59 Å². The topological polar surface area (TPSA) is 83.6 Å². The first-order chi connectivity index (χ1) is 9.49. The average Bonchev–Trinajstić information content (AvgIpc) is 2.82. The number of carboxylic acids is 1. The van der Waals surface area contributed by atoms with E-state index in [2.05, 4.69) is 0 Å². The number of hydrogen-bond acceptors (Lipinski definition) is 3. The maximum atomic E-state index is 12.6. The van der Waals surface area contributed by atoms with Gasteiger partial charge in [-0.2, -0.15) is 0 Å². The molecule has 5 nitrogen and oxygen atoms in total. The van der Waals surface area contributed by atoms with Crippen molar-refractivity contribution in [1.82, 2.24) is 0 Å². The van der Waals surface area contributed by atoms with Crippen LogP contribution < -0.4 is 10.6 Å². The highest BCUT2D eigenvalue weighted by Crippen LogP contribution is 2.28. The fourth-order valence-electron chi connectivity index (χ4n) is 2.65. The molecule has 1 aliphatic carbocycles. The van der Waals surface area contributed by atoms with Crippen molar-refractivity contribution in [1.29, 1.82) is 0 Å². The minimum absolute atomic E-state index is 0.163. The minimum Gasteiger partial charge on any atom is -0.480 e. The first kappa shape index (κ1) is 14.5. The summed E-state index contributed by atoms with van der Waals surface area (Å²) in [6.45, 7) is 1.62. The summed E-state index contributed by atoms with van der Waals surface area (Å²) in [6.07, 6.45) is 2.49. The summed E-state index contributed by atoms with van der Waals surface area (Å²) >= 11 is 0. The van der Waals surface area contributed by atoms with Crippen molar-refractivity contribution < 1.29 is 14.7 Å². The van der Waals surface area contributed by atoms with Crippen LogP contribution in [0.5, 0.6) is 0 Å². The fraction of sp³-hybridized carbons (Fsp3) is 0.467. The zero-order valence-electron chi connectivity index (χ0n) is 11.6. The maximum Gasteiger partial charge on any atom is 0.323 e. The Hall–Kier alpha value is -1.88. The van der Waals surface area contributed by atoms with Crippen molar-refractivity contribution in [3.63, 3.8) is 0 Å². The number of aliphatic carboxylic acids is 1. The lowest BCUT2D eigenvalue weighted by molar-refractivity contribution is -0.137. The van der Waals surface area contributed by atoms with Crippen LogP contribution in [0.3, 0.4) is 0 Å². The quantitative estimate of drug-likeness (QED) is 0.873. The first-order valence-corrected chi connectivity index (χ1v) is 6.84. The molecule has 0 bridgehead atoms. The third kappa shape index (κ3) is 3.17. The maximum absolute atomic E-state index is 12.6. The van der Waals surface area contributed by atoms with Crippen molar-refractivity contribution in [3.8, 4) is 0 Å². The van der Waals surface area contributed by atoms with E-state index in [9.17, 15) is 9.59 Å². The van der Waals surface area contributed by atoms with E-state index in [1.807, 2.05) is 19.1 Å². The van der Waals surface area contributed by atoms with E-state index in [1.54, 1.807) is 12.1 Å². The van der Waals surface area contributed by atoms with Gasteiger partial charge in [0.05, 0.1) is 5.92 Å². The van der Waals surface area contributed by atoms with Gasteiger partial charge in [-0.1, -0.05) is 24.1 Å². The van der Waals surface area contributed by atoms with E-state index < -0.39 is 5.97 Å². The van der Waals surface area contributed by atoms with Gasteiger partial charge in [0.25, 0.3) is 0 Å². The number of carbonyl (C=O) groups excluding carboxylic acids is 1. The number of amides is 1. The van der Waals surface area contributed by atoms with Gasteiger partial charge >= 0.3 is 5.97 Å². The Morgan fingerprint density at radius 2 is 1.95 bits per heavy atom. The SMILES string of the molecule is Cc1ccc(N(CC(=O)O)C(=O)C2CCCC2N)cc1. The van der Waals surface area contributed by atoms with Gasteiger partial charge in [0.15, 0.2) is 0 Å². The molecular formula is C15H20N2O3. The second kappa shape index (κ2) is 6.05. The van der Waals surface area contributed by atoms with Crippen LogP contribution in [0, 0.1) is 12.8 Å². The molecule has 0 spiro atoms. The van der Waals surface area contributed by atoms with Gasteiger partial charge in [-0.05, 0) is 31.9 Å². The summed E-state index contributed by atoms with van der Waals surface area (Å²) in [5.74, 6) is -1.47. The average molecular weight is 276 g/mol. The van der Waals surface area contributed by atoms with Crippen molar-refractivity contribution >= 4 is 17.6 Å². The largest absolute Gasteiger partial charge is 0.480 e. The number of carbonyl (C=O) groups is 2. The summed E-state index contributed by atoms with van der Waals surface area (Å²) in [5, 5.41) is 9.03. The molecule has 0 radical (unpaired) electrons. The van der Waals surface area contributed by atoms with Gasteiger partial charge in [0.2, 0.25) is 5.91 Å². The van der Waals surface area contributed by atoms with Crippen molar-refractivity contribution in [2.75, 3.05) is 11.4 Å². The Bertz CT molecular complexity index is 498. The van der Waals surface area contributed by atoms with Crippen molar-refractivity contribution in [3.05, 3.63) is 29.8 Å². The summed E-state index contributed by atoms with van der Waals surface area (Å²) in [6, 6.07) is 7.12. The second-order valence-electron chi connectivity index (χ2n) is 5.35. The lowest BCUT2D eigenvalue weighted by Crippen LogP contribution is -2.44. The molecule has 1 saturated carbocycles. The van der Waals surface area contributed by atoms with E-state index >= 15 is 0 Å². The molecule has 1 aromatic carbocycles. The van der Waals surface area contributed by atoms with Crippen LogP contribution >= 0.6 is 0 Å². The van der Waals surface area contributed by atoms with Crippen molar-refractivity contribution in [2.45, 2.75) is 32.2 Å². The lowest BCUT2D eigenvalue weighted by Gasteiger charge is -2.26. The Labute approximate surface area is 118 Å². The highest BCUT2D eigenvalue weighted by molar-refractivity contribution is 5.99. The zero-order valence-corrected chi connectivity index (χ0v) is 11.6. The number of aryl methyl sites for hydroxylation is 1. The normalized spacial score (nSPS) is 21.7. The van der Waals surface area contributed by atoms with Crippen LogP contribution in [-0.4, -0.2) is 29.6 Å². The Morgan fingerprint density at radius 3 is 2.45 bits per heavy atom. The third-order valence-electron chi connectivity index (χ3n) is 3.79. The first-order valence-electron chi connectivity index (χ1n) is 6.84. The number of carboxylic acid groups (broad SMARTS) is 1. The Kier molecular flexibility index (Phi) is 4.39. The van der Waals surface area contributed by atoms with Gasteiger partial charge < -0.3 is 15.7 Å². The number of rotatable bonds is 4. The summed E-state index contributed by atoms with van der Waals surface area (Å²) in [4.78, 5) is 24.9. The summed E-state index contributed by atoms with van der Waals surface area (Å²) < 4.78 is 0. The van der Waals surface area contributed by atoms with E-state index in [0.29, 0.717) is 5.69 Å². The number of anilines is 1. The molecular weight excluding hydrogens is 256 g/mol. The lowest BCUT2D eigenvalue weighted by atomic mass is 10.0. The van der Waals surface area contributed by atoms with Gasteiger partial charge in [-0.3, -0.25) is 9.59 Å². The van der Waals surface area contributed by atoms with Gasteiger partial charge in [-0.25, -0.2) is 0 Å². The predicted molar refractivity (Wildman–Crippen MR) is 76.5 cm³/mol. The number of nitrogens with two attached hydrogens (primary N) is 1. The number of hydrogen-bond donors (Lipinski definition) is 2. The third-order valence-corrected chi connectivity index (χ3v) is 3.79. The molecule has 108 valence electrons. The molecule has 3 N–H and O–H groups in total. The molecule has 2 rings (SSSR count). The summed E-state index contributed by atoms with van der Waals surface area (Å²) in [5.41, 5.74) is 7.63. The van der Waals surface area contributed by atoms with Crippen molar-refractivity contribution in [2.24, 2.45) is 11.7 Å². The van der Waals surface area contributed by atoms with E-state index in [0.717, 1.165) is 24.8 Å². The minimum atomic E-state index is -1.02. The van der Waals surface area contributed by atoms with E-state index in [1.165, 1.54) is 4.90 Å². The Balaban J connectivity index is 2.24. The monoisotopic (exact) mass is 276 g/mol. The molecule has 0 saturated heterocycles. The van der Waals surface area contributed by atoms with Gasteiger partial charge in [-0.15, -0.1) is 0 Å². The van der Waals surface area contributed by atoms with Crippen LogP contribution in [0.2, 0.25) is 0 Å². The summed E-state index contributed by atoms with van der Waals surface area (Å²) in [7, 11) is 0. The zero-order chi connectivity index (χ0) is 14.7. The molecule has 0 heterocycles. The highest BCUT2D eigenvalue weighted by Gasteiger charge is 2.34. The van der Waals surface area contributed by atoms with Gasteiger partial charge in [0, 0.05) is 11.7 Å². The van der Waals surface area contributed by atoms with E-state index in [4.69, 9.17) is 10.8 Å². The molecule has 1 aromatic rings. The number of benzene rings is 1. The van der Waals surface area contributed by atoms with E-state index in [-0.39, 0.29) is 24.4 Å². The molecule has 2 atom stereocenters. The smallest absolute Gasteiger partial charge is 0.323 e. The standard InChI is InChI=1S/C15H20N2O3/c1-10-5-7-11(8-6-10)17(9-14(18)19)15(20)12-3-2-4-13(12)16/h5-8,12-13H,2-4,9,16H2,1H3,(H,18,19). The van der Waals surface area contributed by atoms with Crippen LogP contribution in [0.15, 0.2) is 24.3 Å². The molecule has 1 amide bonds. The molecule has 20 heavy (non-hydrogen) atoms. The fourth-order valence-corrected chi connectivity index (χ4v) is 2.65. The van der Waals surface area contributed by atoms with Crippen LogP contribution in [0.1, 0.15) is 24.8 Å². The van der Waals surface area contributed by atoms with Crippen LogP contribution in [0.25, 0.3) is 0 Å². The molecule has 2 unspecified atom stereocenters. The molecule has 1 fully saturated rings. The molecule has 5 heteroatoms. The van der Waals surface area contributed by atoms with Crippen LogP contribution in [0.4, 0.5) is 5.69 Å². The molecule has 1 aliphatic rings. The molecule has 0 aromatic heterocycles. The predicted octanol–water partition coefficient (Wildman–Crippen LogP) is 1.54.